The minimum Gasteiger partial charge on any atom is -0.475 e. The molecule has 1 aliphatic heterocycles. The van der Waals surface area contributed by atoms with Gasteiger partial charge in [0.2, 0.25) is 0 Å². The van der Waals surface area contributed by atoms with Crippen LogP contribution >= 0.6 is 11.6 Å². The maximum absolute atomic E-state index is 14.8. The summed E-state index contributed by atoms with van der Waals surface area (Å²) in [5, 5.41) is 10.4. The second-order valence-electron chi connectivity index (χ2n) is 9.44. The van der Waals surface area contributed by atoms with Crippen LogP contribution in [0.1, 0.15) is 27.9 Å². The molecule has 40 heavy (non-hydrogen) atoms. The Kier molecular flexibility index (Phi) is 11.1. The van der Waals surface area contributed by atoms with Gasteiger partial charge in [-0.05, 0) is 73.6 Å². The van der Waals surface area contributed by atoms with Crippen molar-refractivity contribution in [2.75, 3.05) is 33.2 Å². The van der Waals surface area contributed by atoms with Crippen molar-refractivity contribution in [3.63, 3.8) is 0 Å². The molecule has 11 heteroatoms. The van der Waals surface area contributed by atoms with Gasteiger partial charge in [0.05, 0.1) is 0 Å². The van der Waals surface area contributed by atoms with Gasteiger partial charge in [0.1, 0.15) is 5.82 Å². The van der Waals surface area contributed by atoms with Crippen molar-refractivity contribution in [3.05, 3.63) is 94.3 Å². The first-order valence-electron chi connectivity index (χ1n) is 12.5. The van der Waals surface area contributed by atoms with E-state index in [0.717, 1.165) is 43.9 Å². The lowest BCUT2D eigenvalue weighted by atomic mass is 10.0. The Labute approximate surface area is 235 Å². The van der Waals surface area contributed by atoms with Gasteiger partial charge in [-0.15, -0.1) is 0 Å². The maximum atomic E-state index is 14.8. The molecular weight excluding hydrogens is 550 g/mol. The number of nitrogens with one attached hydrogen (secondary N) is 1. The van der Waals surface area contributed by atoms with Gasteiger partial charge in [-0.25, -0.2) is 9.18 Å². The standard InChI is InChI=1S/C27H29ClFN3O.C2HF3O2/c1-31-11-4-12-32(14-13-31)19-20-5-2-6-21(15-20)22-9-10-24(26(29)17-22)18-30-27(33)23-7-3-8-25(28)16-23;3-2(4,5)1(6)7/h2-3,5-10,15-17H,4,11-14,18-19H2,1H3,(H,30,33);(H,6,7). The van der Waals surface area contributed by atoms with Crippen molar-refractivity contribution in [2.24, 2.45) is 0 Å². The maximum Gasteiger partial charge on any atom is 0.490 e. The van der Waals surface area contributed by atoms with Gasteiger partial charge in [0.25, 0.3) is 5.91 Å². The summed E-state index contributed by atoms with van der Waals surface area (Å²) >= 11 is 5.94. The number of carbonyl (C=O) groups is 2. The molecule has 3 aromatic carbocycles. The van der Waals surface area contributed by atoms with Crippen LogP contribution in [0.15, 0.2) is 66.7 Å². The number of hydrogen-bond donors (Lipinski definition) is 2. The fourth-order valence-electron chi connectivity index (χ4n) is 4.14. The molecule has 0 unspecified atom stereocenters. The van der Waals surface area contributed by atoms with Crippen LogP contribution in [0.3, 0.4) is 0 Å². The number of carbonyl (C=O) groups excluding carboxylic acids is 1. The molecule has 4 rings (SSSR count). The lowest BCUT2D eigenvalue weighted by molar-refractivity contribution is -0.192. The third-order valence-corrected chi connectivity index (χ3v) is 6.54. The molecule has 0 aromatic heterocycles. The summed E-state index contributed by atoms with van der Waals surface area (Å²) in [6.45, 7) is 5.39. The summed E-state index contributed by atoms with van der Waals surface area (Å²) in [4.78, 5) is 26.1. The topological polar surface area (TPSA) is 72.9 Å². The van der Waals surface area contributed by atoms with E-state index in [2.05, 4.69) is 34.3 Å². The second kappa shape index (κ2) is 14.2. The number of carboxylic acids is 1. The van der Waals surface area contributed by atoms with Crippen molar-refractivity contribution in [1.29, 1.82) is 0 Å². The zero-order chi connectivity index (χ0) is 29.3. The van der Waals surface area contributed by atoms with Crippen molar-refractivity contribution in [1.82, 2.24) is 15.1 Å². The van der Waals surface area contributed by atoms with E-state index in [9.17, 15) is 22.4 Å². The molecule has 0 aliphatic carbocycles. The number of benzene rings is 3. The lowest BCUT2D eigenvalue weighted by Crippen LogP contribution is -2.28. The number of alkyl halides is 3. The lowest BCUT2D eigenvalue weighted by Gasteiger charge is -2.20. The van der Waals surface area contributed by atoms with Gasteiger partial charge in [0, 0.05) is 42.3 Å². The molecular formula is C29H30ClF4N3O3. The Hall–Kier alpha value is -3.47. The number of aliphatic carboxylic acids is 1. The Bertz CT molecular complexity index is 1320. The van der Waals surface area contributed by atoms with Crippen LogP contribution in [0.5, 0.6) is 0 Å². The number of amides is 1. The van der Waals surface area contributed by atoms with E-state index in [1.807, 2.05) is 18.2 Å². The van der Waals surface area contributed by atoms with Crippen molar-refractivity contribution >= 4 is 23.5 Å². The molecule has 1 saturated heterocycles. The fraction of sp³-hybridized carbons (Fsp3) is 0.310. The Morgan fingerprint density at radius 3 is 2.33 bits per heavy atom. The average Bonchev–Trinajstić information content (AvgIpc) is 3.11. The van der Waals surface area contributed by atoms with Gasteiger partial charge in [-0.2, -0.15) is 13.2 Å². The van der Waals surface area contributed by atoms with Crippen LogP contribution < -0.4 is 5.32 Å². The number of halogens is 5. The molecule has 1 heterocycles. The SMILES string of the molecule is CN1CCCN(Cc2cccc(-c3ccc(CNC(=O)c4cccc(Cl)c4)c(F)c3)c2)CC1.O=C(O)C(F)(F)F. The number of hydrogen-bond acceptors (Lipinski definition) is 4. The highest BCUT2D eigenvalue weighted by Gasteiger charge is 2.38. The minimum atomic E-state index is -5.08. The largest absolute Gasteiger partial charge is 0.490 e. The highest BCUT2D eigenvalue weighted by atomic mass is 35.5. The smallest absolute Gasteiger partial charge is 0.475 e. The third-order valence-electron chi connectivity index (χ3n) is 6.30. The van der Waals surface area contributed by atoms with Crippen LogP contribution in [0.25, 0.3) is 11.1 Å². The summed E-state index contributed by atoms with van der Waals surface area (Å²) in [7, 11) is 2.17. The van der Waals surface area contributed by atoms with Crippen LogP contribution in [-0.4, -0.2) is 66.2 Å². The van der Waals surface area contributed by atoms with Gasteiger partial charge in [0.15, 0.2) is 0 Å². The van der Waals surface area contributed by atoms with E-state index < -0.39 is 12.1 Å². The molecule has 0 spiro atoms. The van der Waals surface area contributed by atoms with E-state index in [1.165, 1.54) is 12.0 Å². The molecule has 0 atom stereocenters. The van der Waals surface area contributed by atoms with Gasteiger partial charge in [-0.3, -0.25) is 9.69 Å². The van der Waals surface area contributed by atoms with E-state index >= 15 is 0 Å². The first-order valence-corrected chi connectivity index (χ1v) is 12.9. The predicted octanol–water partition coefficient (Wildman–Crippen LogP) is 5.85. The van der Waals surface area contributed by atoms with Crippen LogP contribution in [0.4, 0.5) is 17.6 Å². The van der Waals surface area contributed by atoms with E-state index in [4.69, 9.17) is 21.5 Å². The van der Waals surface area contributed by atoms with Crippen molar-refractivity contribution in [2.45, 2.75) is 25.7 Å². The zero-order valence-electron chi connectivity index (χ0n) is 21.8. The summed E-state index contributed by atoms with van der Waals surface area (Å²) in [6, 6.07) is 20.2. The van der Waals surface area contributed by atoms with E-state index in [-0.39, 0.29) is 18.3 Å². The van der Waals surface area contributed by atoms with Gasteiger partial charge < -0.3 is 15.3 Å². The molecule has 0 saturated carbocycles. The molecule has 6 nitrogen and oxygen atoms in total. The molecule has 1 amide bonds. The third kappa shape index (κ3) is 9.62. The Balaban J connectivity index is 0.000000559. The number of rotatable bonds is 6. The zero-order valence-corrected chi connectivity index (χ0v) is 22.6. The molecule has 1 aliphatic rings. The van der Waals surface area contributed by atoms with Crippen molar-refractivity contribution in [3.8, 4) is 11.1 Å². The summed E-state index contributed by atoms with van der Waals surface area (Å²) in [5.41, 5.74) is 3.95. The molecule has 214 valence electrons. The Morgan fingerprint density at radius 1 is 0.950 bits per heavy atom. The molecule has 0 radical (unpaired) electrons. The summed E-state index contributed by atoms with van der Waals surface area (Å²) in [5.74, 6) is -3.37. The number of carboxylic acid groups (broad SMARTS) is 1. The molecule has 0 bridgehead atoms. The van der Waals surface area contributed by atoms with Crippen LogP contribution in [0, 0.1) is 5.82 Å². The molecule has 2 N–H and O–H groups in total. The first-order chi connectivity index (χ1) is 18.9. The minimum absolute atomic E-state index is 0.112. The number of nitrogens with zero attached hydrogens (tertiary/aromatic N) is 2. The molecule has 1 fully saturated rings. The van der Waals surface area contributed by atoms with E-state index in [1.54, 1.807) is 36.4 Å². The highest BCUT2D eigenvalue weighted by molar-refractivity contribution is 6.30. The Morgan fingerprint density at radius 2 is 1.65 bits per heavy atom. The van der Waals surface area contributed by atoms with Gasteiger partial charge >= 0.3 is 12.1 Å². The monoisotopic (exact) mass is 579 g/mol. The van der Waals surface area contributed by atoms with Gasteiger partial charge in [-0.1, -0.05) is 48.0 Å². The first kappa shape index (κ1) is 31.1. The fourth-order valence-corrected chi connectivity index (χ4v) is 4.33. The quantitative estimate of drug-likeness (QED) is 0.359. The van der Waals surface area contributed by atoms with Crippen LogP contribution in [0.2, 0.25) is 5.02 Å². The summed E-state index contributed by atoms with van der Waals surface area (Å²) in [6.07, 6.45) is -3.91. The second-order valence-corrected chi connectivity index (χ2v) is 9.87. The highest BCUT2D eigenvalue weighted by Crippen LogP contribution is 2.24. The average molecular weight is 580 g/mol. The predicted molar refractivity (Wildman–Crippen MR) is 146 cm³/mol. The molecule has 3 aromatic rings. The van der Waals surface area contributed by atoms with Crippen LogP contribution in [-0.2, 0) is 17.9 Å². The van der Waals surface area contributed by atoms with Crippen molar-refractivity contribution < 1.29 is 32.3 Å². The number of likely N-dealkylation sites (N-methyl/N-ethyl adjacent to an activating group) is 1. The summed E-state index contributed by atoms with van der Waals surface area (Å²) < 4.78 is 46.6. The normalized spacial score (nSPS) is 14.6. The van der Waals surface area contributed by atoms with E-state index in [0.29, 0.717) is 16.1 Å².